The lowest BCUT2D eigenvalue weighted by Crippen LogP contribution is -2.16. The highest BCUT2D eigenvalue weighted by molar-refractivity contribution is 7.89. The molecular weight excluding hydrogens is 230 g/mol. The van der Waals surface area contributed by atoms with Crippen molar-refractivity contribution in [3.63, 3.8) is 0 Å². The van der Waals surface area contributed by atoms with Gasteiger partial charge in [0.05, 0.1) is 5.56 Å². The molecule has 84 valence electrons. The highest BCUT2D eigenvalue weighted by Gasteiger charge is 2.20. The molecule has 0 saturated carbocycles. The van der Waals surface area contributed by atoms with Gasteiger partial charge in [0.1, 0.15) is 16.5 Å². The van der Waals surface area contributed by atoms with Crippen LogP contribution in [-0.2, 0) is 10.0 Å². The summed E-state index contributed by atoms with van der Waals surface area (Å²) in [5.74, 6) is -1.02. The zero-order valence-corrected chi connectivity index (χ0v) is 8.13. The van der Waals surface area contributed by atoms with E-state index >= 15 is 0 Å². The van der Waals surface area contributed by atoms with Crippen molar-refractivity contribution < 1.29 is 17.2 Å². The largest absolute Gasteiger partial charge is 0.383 e. The van der Waals surface area contributed by atoms with Crippen LogP contribution in [0.25, 0.3) is 0 Å². The lowest BCUT2D eigenvalue weighted by atomic mass is 10.2. The van der Waals surface area contributed by atoms with Crippen LogP contribution < -0.4 is 16.6 Å². The molecular formula is C6H8F2N4O2S. The number of nitrogens with two attached hydrogens (primary N) is 3. The molecule has 0 aliphatic carbocycles. The molecule has 1 aromatic heterocycles. The van der Waals surface area contributed by atoms with Gasteiger partial charge >= 0.3 is 0 Å². The lowest BCUT2D eigenvalue weighted by Gasteiger charge is -2.08. The van der Waals surface area contributed by atoms with E-state index in [2.05, 4.69) is 4.98 Å². The van der Waals surface area contributed by atoms with E-state index < -0.39 is 38.5 Å². The first-order chi connectivity index (χ1) is 6.73. The molecule has 1 aromatic rings. The summed E-state index contributed by atoms with van der Waals surface area (Å²) in [5, 5.41) is 4.74. The topological polar surface area (TPSA) is 125 Å². The van der Waals surface area contributed by atoms with Gasteiger partial charge in [-0.25, -0.2) is 27.3 Å². The van der Waals surface area contributed by atoms with E-state index in [1.165, 1.54) is 0 Å². The van der Waals surface area contributed by atoms with Gasteiger partial charge in [0.25, 0.3) is 6.43 Å². The Hall–Kier alpha value is -1.48. The fourth-order valence-electron chi connectivity index (χ4n) is 0.941. The Morgan fingerprint density at radius 1 is 1.27 bits per heavy atom. The van der Waals surface area contributed by atoms with Gasteiger partial charge in [0.15, 0.2) is 0 Å². The molecule has 0 aliphatic rings. The summed E-state index contributed by atoms with van der Waals surface area (Å²) < 4.78 is 46.5. The number of nitrogen functional groups attached to an aromatic ring is 2. The second kappa shape index (κ2) is 3.59. The Labute approximate surface area is 84.1 Å². The molecule has 0 aromatic carbocycles. The number of rotatable bonds is 2. The Balaban J connectivity index is 3.50. The molecule has 9 heteroatoms. The van der Waals surface area contributed by atoms with Crippen molar-refractivity contribution >= 4 is 21.7 Å². The highest BCUT2D eigenvalue weighted by atomic mass is 32.2. The van der Waals surface area contributed by atoms with Crippen LogP contribution in [0.2, 0.25) is 0 Å². The van der Waals surface area contributed by atoms with Crippen molar-refractivity contribution in [3.8, 4) is 0 Å². The third-order valence-electron chi connectivity index (χ3n) is 1.62. The third-order valence-corrected chi connectivity index (χ3v) is 2.56. The van der Waals surface area contributed by atoms with E-state index in [1.54, 1.807) is 0 Å². The average molecular weight is 238 g/mol. The third kappa shape index (κ3) is 2.30. The molecule has 0 amide bonds. The van der Waals surface area contributed by atoms with E-state index in [1.807, 2.05) is 0 Å². The number of hydrogen-bond donors (Lipinski definition) is 3. The number of primary sulfonamides is 1. The summed E-state index contributed by atoms with van der Waals surface area (Å²) in [6, 6.07) is 0.623. The number of halogens is 2. The van der Waals surface area contributed by atoms with E-state index in [4.69, 9.17) is 16.6 Å². The monoisotopic (exact) mass is 238 g/mol. The Morgan fingerprint density at radius 3 is 2.20 bits per heavy atom. The zero-order chi connectivity index (χ0) is 11.8. The minimum Gasteiger partial charge on any atom is -0.383 e. The number of aromatic nitrogens is 1. The highest BCUT2D eigenvalue weighted by Crippen LogP contribution is 2.28. The van der Waals surface area contributed by atoms with E-state index in [9.17, 15) is 17.2 Å². The Morgan fingerprint density at radius 2 is 1.80 bits per heavy atom. The average Bonchev–Trinajstić information content (AvgIpc) is 2.00. The standard InChI is InChI=1S/C6H8F2N4O2S/c7-4(8)2-1-3(15(11,13)14)6(10)12-5(2)9/h1,4H,(H4,9,10,12)(H2,11,13,14). The summed E-state index contributed by atoms with van der Waals surface area (Å²) in [6.07, 6.45) is -2.95. The number of hydrogen-bond acceptors (Lipinski definition) is 5. The van der Waals surface area contributed by atoms with Gasteiger partial charge in [-0.3, -0.25) is 0 Å². The molecule has 1 heterocycles. The quantitative estimate of drug-likeness (QED) is 0.659. The molecule has 0 spiro atoms. The van der Waals surface area contributed by atoms with Crippen molar-refractivity contribution in [1.82, 2.24) is 4.98 Å². The zero-order valence-electron chi connectivity index (χ0n) is 7.31. The molecule has 0 aliphatic heterocycles. The lowest BCUT2D eigenvalue weighted by molar-refractivity contribution is 0.151. The van der Waals surface area contributed by atoms with Crippen LogP contribution in [0.4, 0.5) is 20.4 Å². The first-order valence-electron chi connectivity index (χ1n) is 3.60. The summed E-state index contributed by atoms with van der Waals surface area (Å²) in [7, 11) is -4.18. The molecule has 1 rings (SSSR count). The van der Waals surface area contributed by atoms with Crippen LogP contribution in [0, 0.1) is 0 Å². The molecule has 0 unspecified atom stereocenters. The molecule has 0 radical (unpaired) electrons. The maximum atomic E-state index is 12.3. The maximum absolute atomic E-state index is 12.3. The maximum Gasteiger partial charge on any atom is 0.267 e. The predicted molar refractivity (Wildman–Crippen MR) is 49.4 cm³/mol. The van der Waals surface area contributed by atoms with Gasteiger partial charge in [-0.2, -0.15) is 0 Å². The first-order valence-corrected chi connectivity index (χ1v) is 5.15. The smallest absolute Gasteiger partial charge is 0.267 e. The van der Waals surface area contributed by atoms with Crippen molar-refractivity contribution in [2.24, 2.45) is 5.14 Å². The van der Waals surface area contributed by atoms with Gasteiger partial charge in [-0.1, -0.05) is 0 Å². The number of sulfonamides is 1. The van der Waals surface area contributed by atoms with Crippen LogP contribution in [0.3, 0.4) is 0 Å². The molecule has 0 atom stereocenters. The second-order valence-electron chi connectivity index (χ2n) is 2.69. The first kappa shape index (κ1) is 11.6. The molecule has 15 heavy (non-hydrogen) atoms. The fraction of sp³-hybridized carbons (Fsp3) is 0.167. The van der Waals surface area contributed by atoms with Gasteiger partial charge in [-0.05, 0) is 6.07 Å². The molecule has 0 saturated heterocycles. The van der Waals surface area contributed by atoms with Crippen LogP contribution >= 0.6 is 0 Å². The number of anilines is 2. The number of nitrogens with zero attached hydrogens (tertiary/aromatic N) is 1. The fourth-order valence-corrected chi connectivity index (χ4v) is 1.57. The molecule has 6 N–H and O–H groups in total. The summed E-state index contributed by atoms with van der Waals surface area (Å²) in [4.78, 5) is 2.62. The number of pyridine rings is 1. The van der Waals surface area contributed by atoms with Crippen molar-refractivity contribution in [2.45, 2.75) is 11.3 Å². The summed E-state index contributed by atoms with van der Waals surface area (Å²) in [6.45, 7) is 0. The number of alkyl halides is 2. The van der Waals surface area contributed by atoms with Crippen LogP contribution in [-0.4, -0.2) is 13.4 Å². The summed E-state index contributed by atoms with van der Waals surface area (Å²) in [5.41, 5.74) is 9.59. The predicted octanol–water partition coefficient (Wildman–Crippen LogP) is -0.169. The summed E-state index contributed by atoms with van der Waals surface area (Å²) >= 11 is 0. The van der Waals surface area contributed by atoms with Crippen LogP contribution in [0.15, 0.2) is 11.0 Å². The van der Waals surface area contributed by atoms with Gasteiger partial charge < -0.3 is 11.5 Å². The van der Waals surface area contributed by atoms with E-state index in [-0.39, 0.29) is 0 Å². The minimum atomic E-state index is -4.18. The van der Waals surface area contributed by atoms with Crippen molar-refractivity contribution in [2.75, 3.05) is 11.5 Å². The van der Waals surface area contributed by atoms with Gasteiger partial charge in [0, 0.05) is 0 Å². The molecule has 0 bridgehead atoms. The second-order valence-corrected chi connectivity index (χ2v) is 4.22. The van der Waals surface area contributed by atoms with Gasteiger partial charge in [-0.15, -0.1) is 0 Å². The normalized spacial score (nSPS) is 12.0. The van der Waals surface area contributed by atoms with Crippen molar-refractivity contribution in [3.05, 3.63) is 11.6 Å². The van der Waals surface area contributed by atoms with E-state index in [0.29, 0.717) is 6.07 Å². The molecule has 6 nitrogen and oxygen atoms in total. The minimum absolute atomic E-state index is 0.501. The Kier molecular flexibility index (Phi) is 2.77. The molecule has 0 fully saturated rings. The Bertz CT molecular complexity index is 488. The SMILES string of the molecule is Nc1nc(N)c(S(N)(=O)=O)cc1C(F)F. The van der Waals surface area contributed by atoms with Crippen LogP contribution in [0.1, 0.15) is 12.0 Å². The van der Waals surface area contributed by atoms with Crippen LogP contribution in [0.5, 0.6) is 0 Å². The van der Waals surface area contributed by atoms with Crippen molar-refractivity contribution in [1.29, 1.82) is 0 Å². The van der Waals surface area contributed by atoms with E-state index in [0.717, 1.165) is 0 Å². The van der Waals surface area contributed by atoms with Gasteiger partial charge in [0.2, 0.25) is 10.0 Å².